The highest BCUT2D eigenvalue weighted by Crippen LogP contribution is 2.33. The number of halogens is 4. The third-order valence-corrected chi connectivity index (χ3v) is 2.45. The summed E-state index contributed by atoms with van der Waals surface area (Å²) in [6.45, 7) is 1.14. The number of carbonyl (C=O) groups is 1. The van der Waals surface area contributed by atoms with Crippen molar-refractivity contribution in [2.45, 2.75) is 19.5 Å². The van der Waals surface area contributed by atoms with Gasteiger partial charge in [-0.05, 0) is 12.1 Å². The average molecular weight is 297 g/mol. The Balaban J connectivity index is 3.08. The largest absolute Gasteiger partial charge is 0.426 e. The van der Waals surface area contributed by atoms with E-state index in [2.05, 4.69) is 15.9 Å². The van der Waals surface area contributed by atoms with Crippen LogP contribution in [0.1, 0.15) is 12.5 Å². The number of alkyl halides is 3. The van der Waals surface area contributed by atoms with Gasteiger partial charge >= 0.3 is 12.1 Å². The third kappa shape index (κ3) is 3.84. The van der Waals surface area contributed by atoms with Crippen molar-refractivity contribution in [3.8, 4) is 5.75 Å². The van der Waals surface area contributed by atoms with Gasteiger partial charge in [-0.25, -0.2) is 0 Å². The van der Waals surface area contributed by atoms with Crippen LogP contribution in [-0.2, 0) is 11.2 Å². The average Bonchev–Trinajstić information content (AvgIpc) is 2.08. The highest BCUT2D eigenvalue weighted by Gasteiger charge is 2.30. The highest BCUT2D eigenvalue weighted by atomic mass is 79.9. The number of hydrogen-bond donors (Lipinski definition) is 0. The Bertz CT molecular complexity index is 402. The molecule has 0 saturated heterocycles. The van der Waals surface area contributed by atoms with Gasteiger partial charge in [0.25, 0.3) is 0 Å². The van der Waals surface area contributed by atoms with Crippen LogP contribution >= 0.6 is 15.9 Å². The Morgan fingerprint density at radius 1 is 1.44 bits per heavy atom. The van der Waals surface area contributed by atoms with Gasteiger partial charge < -0.3 is 4.74 Å². The van der Waals surface area contributed by atoms with Crippen molar-refractivity contribution >= 4 is 21.9 Å². The number of ether oxygens (including phenoxy) is 1. The fourth-order valence-electron chi connectivity index (χ4n) is 1.16. The van der Waals surface area contributed by atoms with Crippen molar-refractivity contribution in [3.05, 3.63) is 28.2 Å². The molecule has 0 aliphatic rings. The molecule has 0 fully saturated rings. The van der Waals surface area contributed by atoms with Crippen LogP contribution in [0, 0.1) is 0 Å². The van der Waals surface area contributed by atoms with E-state index in [-0.39, 0.29) is 15.8 Å². The van der Waals surface area contributed by atoms with Crippen LogP contribution in [0.15, 0.2) is 22.7 Å². The van der Waals surface area contributed by atoms with Crippen LogP contribution in [0.2, 0.25) is 0 Å². The van der Waals surface area contributed by atoms with E-state index in [4.69, 9.17) is 4.74 Å². The second kappa shape index (κ2) is 4.86. The molecule has 1 rings (SSSR count). The first-order valence-electron chi connectivity index (χ1n) is 4.32. The third-order valence-electron chi connectivity index (χ3n) is 1.71. The van der Waals surface area contributed by atoms with Crippen LogP contribution in [0.4, 0.5) is 13.2 Å². The zero-order valence-electron chi connectivity index (χ0n) is 8.27. The predicted octanol–water partition coefficient (Wildman–Crippen LogP) is 3.48. The molecular formula is C10H8BrF3O2. The molecule has 2 nitrogen and oxygen atoms in total. The molecule has 1 aromatic carbocycles. The molecule has 6 heteroatoms. The van der Waals surface area contributed by atoms with Crippen molar-refractivity contribution in [2.75, 3.05) is 0 Å². The number of benzene rings is 1. The monoisotopic (exact) mass is 296 g/mol. The van der Waals surface area contributed by atoms with E-state index in [1.54, 1.807) is 0 Å². The minimum absolute atomic E-state index is 0.0702. The second-order valence-corrected chi connectivity index (χ2v) is 3.96. The van der Waals surface area contributed by atoms with Gasteiger partial charge in [-0.2, -0.15) is 13.2 Å². The maximum absolute atomic E-state index is 12.3. The number of rotatable bonds is 2. The van der Waals surface area contributed by atoms with Gasteiger partial charge in [0.1, 0.15) is 5.75 Å². The molecular weight excluding hydrogens is 289 g/mol. The summed E-state index contributed by atoms with van der Waals surface area (Å²) >= 11 is 3.00. The molecule has 0 saturated carbocycles. The maximum atomic E-state index is 12.3. The lowest BCUT2D eigenvalue weighted by molar-refractivity contribution is -0.134. The highest BCUT2D eigenvalue weighted by molar-refractivity contribution is 9.10. The second-order valence-electron chi connectivity index (χ2n) is 3.10. The molecule has 88 valence electrons. The Hall–Kier alpha value is -1.04. The number of esters is 1. The summed E-state index contributed by atoms with van der Waals surface area (Å²) in [4.78, 5) is 10.7. The lowest BCUT2D eigenvalue weighted by Crippen LogP contribution is -2.14. The molecule has 0 amide bonds. The van der Waals surface area contributed by atoms with E-state index < -0.39 is 18.6 Å². The normalized spacial score (nSPS) is 11.3. The van der Waals surface area contributed by atoms with Crippen LogP contribution in [0.5, 0.6) is 5.75 Å². The van der Waals surface area contributed by atoms with Crippen molar-refractivity contribution in [1.82, 2.24) is 0 Å². The topological polar surface area (TPSA) is 26.3 Å². The van der Waals surface area contributed by atoms with Gasteiger partial charge in [0.15, 0.2) is 0 Å². The fourth-order valence-corrected chi connectivity index (χ4v) is 1.65. The minimum atomic E-state index is -4.35. The summed E-state index contributed by atoms with van der Waals surface area (Å²) in [5.41, 5.74) is -0.0785. The standard InChI is InChI=1S/C10H8BrF3O2/c1-6(15)16-9-4-2-3-8(11)7(9)5-10(12,13)14/h2-4H,5H2,1H3. The molecule has 0 atom stereocenters. The van der Waals surface area contributed by atoms with Crippen LogP contribution in [0.25, 0.3) is 0 Å². The van der Waals surface area contributed by atoms with Crippen molar-refractivity contribution < 1.29 is 22.7 Å². The maximum Gasteiger partial charge on any atom is 0.393 e. The van der Waals surface area contributed by atoms with E-state index in [1.807, 2.05) is 0 Å². The molecule has 0 aromatic heterocycles. The molecule has 0 unspecified atom stereocenters. The van der Waals surface area contributed by atoms with Crippen molar-refractivity contribution in [2.24, 2.45) is 0 Å². The van der Waals surface area contributed by atoms with E-state index in [0.717, 1.165) is 6.92 Å². The Morgan fingerprint density at radius 2 is 2.06 bits per heavy atom. The van der Waals surface area contributed by atoms with E-state index in [9.17, 15) is 18.0 Å². The van der Waals surface area contributed by atoms with Gasteiger partial charge in [0.2, 0.25) is 0 Å². The van der Waals surface area contributed by atoms with Crippen LogP contribution in [0.3, 0.4) is 0 Å². The van der Waals surface area contributed by atoms with Gasteiger partial charge in [-0.15, -0.1) is 0 Å². The Labute approximate surface area is 98.5 Å². The first-order valence-corrected chi connectivity index (χ1v) is 5.11. The quantitative estimate of drug-likeness (QED) is 0.617. The molecule has 16 heavy (non-hydrogen) atoms. The van der Waals surface area contributed by atoms with Crippen LogP contribution < -0.4 is 4.74 Å². The summed E-state index contributed by atoms with van der Waals surface area (Å²) in [7, 11) is 0. The summed E-state index contributed by atoms with van der Waals surface area (Å²) in [6, 6.07) is 4.30. The Morgan fingerprint density at radius 3 is 2.56 bits per heavy atom. The van der Waals surface area contributed by atoms with Gasteiger partial charge in [-0.1, -0.05) is 22.0 Å². The Kier molecular flexibility index (Phi) is 3.96. The van der Waals surface area contributed by atoms with Crippen molar-refractivity contribution in [3.63, 3.8) is 0 Å². The number of carbonyl (C=O) groups excluding carboxylic acids is 1. The summed E-state index contributed by atoms with van der Waals surface area (Å²) < 4.78 is 41.8. The molecule has 0 aliphatic carbocycles. The molecule has 0 radical (unpaired) electrons. The fraction of sp³-hybridized carbons (Fsp3) is 0.300. The zero-order chi connectivity index (χ0) is 12.3. The summed E-state index contributed by atoms with van der Waals surface area (Å²) in [6.07, 6.45) is -5.49. The lowest BCUT2D eigenvalue weighted by atomic mass is 10.1. The van der Waals surface area contributed by atoms with E-state index in [1.165, 1.54) is 18.2 Å². The lowest BCUT2D eigenvalue weighted by Gasteiger charge is -2.12. The molecule has 1 aromatic rings. The molecule has 0 aliphatic heterocycles. The van der Waals surface area contributed by atoms with Gasteiger partial charge in [-0.3, -0.25) is 4.79 Å². The molecule has 0 bridgehead atoms. The predicted molar refractivity (Wildman–Crippen MR) is 55.2 cm³/mol. The zero-order valence-corrected chi connectivity index (χ0v) is 9.85. The molecule has 0 spiro atoms. The van der Waals surface area contributed by atoms with Gasteiger partial charge in [0.05, 0.1) is 6.42 Å². The first kappa shape index (κ1) is 13.0. The molecule has 0 N–H and O–H groups in total. The van der Waals surface area contributed by atoms with Gasteiger partial charge in [0, 0.05) is 17.0 Å². The number of hydrogen-bond acceptors (Lipinski definition) is 2. The first-order chi connectivity index (χ1) is 7.29. The van der Waals surface area contributed by atoms with E-state index in [0.29, 0.717) is 0 Å². The summed E-state index contributed by atoms with van der Waals surface area (Å²) in [5.74, 6) is -0.722. The summed E-state index contributed by atoms with van der Waals surface area (Å²) in [5, 5.41) is 0. The SMILES string of the molecule is CC(=O)Oc1cccc(Br)c1CC(F)(F)F. The molecule has 0 heterocycles. The smallest absolute Gasteiger partial charge is 0.393 e. The van der Waals surface area contributed by atoms with Crippen molar-refractivity contribution in [1.29, 1.82) is 0 Å². The van der Waals surface area contributed by atoms with Crippen LogP contribution in [-0.4, -0.2) is 12.1 Å². The van der Waals surface area contributed by atoms with E-state index >= 15 is 0 Å². The minimum Gasteiger partial charge on any atom is -0.426 e.